The van der Waals surface area contributed by atoms with E-state index in [0.717, 1.165) is 12.8 Å². The lowest BCUT2D eigenvalue weighted by atomic mass is 9.81. The summed E-state index contributed by atoms with van der Waals surface area (Å²) < 4.78 is 30.5. The summed E-state index contributed by atoms with van der Waals surface area (Å²) in [7, 11) is -1.52. The molecule has 0 saturated carbocycles. The van der Waals surface area contributed by atoms with Gasteiger partial charge < -0.3 is 10.5 Å². The van der Waals surface area contributed by atoms with E-state index in [4.69, 9.17) is 10.5 Å². The first-order chi connectivity index (χ1) is 7.93. The number of rotatable bonds is 6. The molecule has 1 saturated heterocycles. The Morgan fingerprint density at radius 3 is 2.41 bits per heavy atom. The average molecular weight is 264 g/mol. The van der Waals surface area contributed by atoms with Gasteiger partial charge in [0.05, 0.1) is 5.75 Å². The second kappa shape index (κ2) is 6.13. The Bertz CT molecular complexity index is 322. The molecule has 0 aromatic carbocycles. The molecule has 2 N–H and O–H groups in total. The minimum absolute atomic E-state index is 0.110. The normalized spacial score (nSPS) is 21.6. The molecule has 0 spiro atoms. The van der Waals surface area contributed by atoms with Gasteiger partial charge >= 0.3 is 0 Å². The first-order valence-corrected chi connectivity index (χ1v) is 7.71. The predicted octanol–water partition coefficient (Wildman–Crippen LogP) is 0.414. The van der Waals surface area contributed by atoms with Gasteiger partial charge in [-0.25, -0.2) is 12.7 Å². The van der Waals surface area contributed by atoms with E-state index in [-0.39, 0.29) is 11.2 Å². The van der Waals surface area contributed by atoms with Crippen molar-refractivity contribution >= 4 is 10.0 Å². The van der Waals surface area contributed by atoms with Gasteiger partial charge in [-0.15, -0.1) is 0 Å². The van der Waals surface area contributed by atoms with Gasteiger partial charge in [0.1, 0.15) is 0 Å². The fourth-order valence-electron chi connectivity index (χ4n) is 2.02. The number of ether oxygens (including phenoxy) is 1. The molecule has 0 atom stereocenters. The zero-order valence-electron chi connectivity index (χ0n) is 10.8. The molecule has 0 aliphatic carbocycles. The zero-order valence-corrected chi connectivity index (χ0v) is 11.6. The lowest BCUT2D eigenvalue weighted by molar-refractivity contribution is 0.180. The van der Waals surface area contributed by atoms with E-state index >= 15 is 0 Å². The number of nitrogens with two attached hydrogens (primary N) is 1. The molecule has 102 valence electrons. The highest BCUT2D eigenvalue weighted by Crippen LogP contribution is 2.30. The van der Waals surface area contributed by atoms with Gasteiger partial charge in [-0.1, -0.05) is 6.92 Å². The molecule has 1 heterocycles. The molecule has 0 bridgehead atoms. The molecule has 1 rings (SSSR count). The van der Waals surface area contributed by atoms with Crippen LogP contribution in [0.3, 0.4) is 0 Å². The molecular formula is C11H24N2O3S. The molecule has 0 unspecified atom stereocenters. The minimum atomic E-state index is -3.10. The lowest BCUT2D eigenvalue weighted by Gasteiger charge is -2.37. The summed E-state index contributed by atoms with van der Waals surface area (Å²) in [6, 6.07) is 0. The maximum Gasteiger partial charge on any atom is 0.214 e. The maximum absolute atomic E-state index is 12.0. The molecule has 1 fully saturated rings. The summed E-state index contributed by atoms with van der Waals surface area (Å²) in [6.45, 7) is 4.45. The number of nitrogens with zero attached hydrogens (tertiary/aromatic N) is 1. The summed E-state index contributed by atoms with van der Waals surface area (Å²) in [5.41, 5.74) is 5.82. The van der Waals surface area contributed by atoms with Crippen LogP contribution in [0.15, 0.2) is 0 Å². The van der Waals surface area contributed by atoms with Gasteiger partial charge in [0.15, 0.2) is 0 Å². The van der Waals surface area contributed by atoms with Crippen molar-refractivity contribution < 1.29 is 13.2 Å². The van der Waals surface area contributed by atoms with E-state index < -0.39 is 10.0 Å². The Kier molecular flexibility index (Phi) is 5.37. The highest BCUT2D eigenvalue weighted by molar-refractivity contribution is 7.89. The average Bonchev–Trinajstić information content (AvgIpc) is 2.30. The van der Waals surface area contributed by atoms with Gasteiger partial charge in [0.25, 0.3) is 0 Å². The van der Waals surface area contributed by atoms with Crippen LogP contribution in [0.2, 0.25) is 0 Å². The van der Waals surface area contributed by atoms with Gasteiger partial charge in [-0.2, -0.15) is 0 Å². The van der Waals surface area contributed by atoms with E-state index in [2.05, 4.69) is 6.92 Å². The highest BCUT2D eigenvalue weighted by Gasteiger charge is 2.33. The van der Waals surface area contributed by atoms with Crippen LogP contribution in [0.25, 0.3) is 0 Å². The van der Waals surface area contributed by atoms with Crippen molar-refractivity contribution in [2.45, 2.75) is 26.2 Å². The summed E-state index contributed by atoms with van der Waals surface area (Å²) in [4.78, 5) is 0. The summed E-state index contributed by atoms with van der Waals surface area (Å²) in [6.07, 6.45) is 2.27. The predicted molar refractivity (Wildman–Crippen MR) is 68.2 cm³/mol. The van der Waals surface area contributed by atoms with Crippen LogP contribution in [-0.4, -0.2) is 51.8 Å². The van der Waals surface area contributed by atoms with Crippen molar-refractivity contribution in [3.05, 3.63) is 0 Å². The van der Waals surface area contributed by atoms with E-state index in [9.17, 15) is 8.42 Å². The summed E-state index contributed by atoms with van der Waals surface area (Å²) in [5, 5.41) is 0. The first-order valence-electron chi connectivity index (χ1n) is 6.10. The van der Waals surface area contributed by atoms with Crippen LogP contribution in [0.5, 0.6) is 0 Å². The fourth-order valence-corrected chi connectivity index (χ4v) is 3.50. The van der Waals surface area contributed by atoms with Crippen LogP contribution < -0.4 is 5.73 Å². The quantitative estimate of drug-likeness (QED) is 0.705. The molecule has 1 aliphatic heterocycles. The molecule has 5 nitrogen and oxygen atoms in total. The number of methoxy groups -OCH3 is 1. The molecule has 17 heavy (non-hydrogen) atoms. The second-order valence-electron chi connectivity index (χ2n) is 5.08. The standard InChI is InChI=1S/C11H24N2O3S/c1-11(10-12)4-6-13(7-5-11)17(14,15)9-3-8-16-2/h3-10,12H2,1-2H3. The van der Waals surface area contributed by atoms with E-state index in [0.29, 0.717) is 32.7 Å². The Morgan fingerprint density at radius 2 is 1.94 bits per heavy atom. The van der Waals surface area contributed by atoms with Crippen LogP contribution in [0.4, 0.5) is 0 Å². The van der Waals surface area contributed by atoms with Crippen LogP contribution in [-0.2, 0) is 14.8 Å². The second-order valence-corrected chi connectivity index (χ2v) is 7.16. The fraction of sp³-hybridized carbons (Fsp3) is 1.00. The molecule has 0 radical (unpaired) electrons. The molecular weight excluding hydrogens is 240 g/mol. The maximum atomic E-state index is 12.0. The number of hydrogen-bond donors (Lipinski definition) is 1. The monoisotopic (exact) mass is 264 g/mol. The zero-order chi connectivity index (χ0) is 12.9. The van der Waals surface area contributed by atoms with E-state index in [1.54, 1.807) is 11.4 Å². The Hall–Kier alpha value is -0.170. The third-order valence-corrected chi connectivity index (χ3v) is 5.52. The molecule has 0 amide bonds. The highest BCUT2D eigenvalue weighted by atomic mass is 32.2. The van der Waals surface area contributed by atoms with Crippen LogP contribution in [0, 0.1) is 5.41 Å². The van der Waals surface area contributed by atoms with E-state index in [1.165, 1.54) is 0 Å². The van der Waals surface area contributed by atoms with Crippen molar-refractivity contribution in [1.29, 1.82) is 0 Å². The van der Waals surface area contributed by atoms with Crippen LogP contribution in [0.1, 0.15) is 26.2 Å². The summed E-state index contributed by atoms with van der Waals surface area (Å²) >= 11 is 0. The Labute approximate surface area is 104 Å². The third kappa shape index (κ3) is 4.21. The van der Waals surface area contributed by atoms with Crippen molar-refractivity contribution in [2.75, 3.05) is 39.1 Å². The Morgan fingerprint density at radius 1 is 1.35 bits per heavy atom. The van der Waals surface area contributed by atoms with Gasteiger partial charge in [0.2, 0.25) is 10.0 Å². The number of sulfonamides is 1. The first kappa shape index (κ1) is 14.9. The lowest BCUT2D eigenvalue weighted by Crippen LogP contribution is -2.45. The van der Waals surface area contributed by atoms with Gasteiger partial charge in [-0.05, 0) is 31.2 Å². The number of piperidine rings is 1. The minimum Gasteiger partial charge on any atom is -0.385 e. The topological polar surface area (TPSA) is 72.6 Å². The van der Waals surface area contributed by atoms with Crippen molar-refractivity contribution in [2.24, 2.45) is 11.1 Å². The molecule has 6 heteroatoms. The van der Waals surface area contributed by atoms with E-state index in [1.807, 2.05) is 0 Å². The smallest absolute Gasteiger partial charge is 0.214 e. The van der Waals surface area contributed by atoms with Crippen molar-refractivity contribution in [1.82, 2.24) is 4.31 Å². The summed E-state index contributed by atoms with van der Waals surface area (Å²) in [5.74, 6) is 0.181. The number of hydrogen-bond acceptors (Lipinski definition) is 4. The molecule has 0 aromatic rings. The Balaban J connectivity index is 2.47. The SMILES string of the molecule is COCCCS(=O)(=O)N1CCC(C)(CN)CC1. The van der Waals surface area contributed by atoms with Crippen molar-refractivity contribution in [3.8, 4) is 0 Å². The van der Waals surface area contributed by atoms with Crippen molar-refractivity contribution in [3.63, 3.8) is 0 Å². The van der Waals surface area contributed by atoms with Crippen LogP contribution >= 0.6 is 0 Å². The van der Waals surface area contributed by atoms with Gasteiger partial charge in [-0.3, -0.25) is 0 Å². The molecule has 0 aromatic heterocycles. The largest absolute Gasteiger partial charge is 0.385 e. The molecule has 1 aliphatic rings. The van der Waals surface area contributed by atoms with Gasteiger partial charge in [0, 0.05) is 26.8 Å². The third-order valence-electron chi connectivity index (χ3n) is 3.57.